The predicted molar refractivity (Wildman–Crippen MR) is 110 cm³/mol. The van der Waals surface area contributed by atoms with Crippen molar-refractivity contribution in [1.82, 2.24) is 34.2 Å². The fourth-order valence-corrected chi connectivity index (χ4v) is 3.53. The standard InChI is InChI=1S/C19H22N8S/c1-2-9-26-17(16-5-3-6-20-14-16)23-27(19(26)28)15-24-10-12-25(13-11-24)18-21-7-4-8-22-18/h2-8,14H,1,9-13,15H2. The van der Waals surface area contributed by atoms with Gasteiger partial charge < -0.3 is 4.90 Å². The van der Waals surface area contributed by atoms with Crippen LogP contribution in [0.4, 0.5) is 5.95 Å². The number of anilines is 1. The molecule has 1 saturated heterocycles. The zero-order valence-corrected chi connectivity index (χ0v) is 16.4. The molecule has 0 aromatic carbocycles. The molecule has 3 aromatic heterocycles. The van der Waals surface area contributed by atoms with Crippen molar-refractivity contribution < 1.29 is 0 Å². The van der Waals surface area contributed by atoms with Crippen LogP contribution < -0.4 is 4.90 Å². The highest BCUT2D eigenvalue weighted by atomic mass is 32.1. The normalized spacial score (nSPS) is 14.9. The first-order valence-corrected chi connectivity index (χ1v) is 9.60. The average Bonchev–Trinajstić information content (AvgIpc) is 3.06. The number of piperazine rings is 1. The van der Waals surface area contributed by atoms with Crippen LogP contribution in [0.5, 0.6) is 0 Å². The average molecular weight is 395 g/mol. The summed E-state index contributed by atoms with van der Waals surface area (Å²) >= 11 is 5.68. The Labute approximate surface area is 168 Å². The van der Waals surface area contributed by atoms with Gasteiger partial charge in [0, 0.05) is 63.1 Å². The summed E-state index contributed by atoms with van der Waals surface area (Å²) in [6, 6.07) is 5.73. The molecule has 3 aromatic rings. The fraction of sp³-hybridized carbons (Fsp3) is 0.316. The Morgan fingerprint density at radius 2 is 1.86 bits per heavy atom. The lowest BCUT2D eigenvalue weighted by molar-refractivity contribution is 0.193. The Balaban J connectivity index is 1.50. The highest BCUT2D eigenvalue weighted by molar-refractivity contribution is 7.71. The van der Waals surface area contributed by atoms with E-state index in [1.807, 2.05) is 33.5 Å². The molecule has 0 atom stereocenters. The van der Waals surface area contributed by atoms with Crippen LogP contribution >= 0.6 is 12.2 Å². The van der Waals surface area contributed by atoms with Crippen molar-refractivity contribution in [2.45, 2.75) is 13.2 Å². The third-order valence-corrected chi connectivity index (χ3v) is 5.13. The van der Waals surface area contributed by atoms with Gasteiger partial charge in [-0.1, -0.05) is 6.08 Å². The molecule has 4 rings (SSSR count). The van der Waals surface area contributed by atoms with Crippen molar-refractivity contribution in [3.8, 4) is 11.4 Å². The number of allylic oxidation sites excluding steroid dienone is 1. The van der Waals surface area contributed by atoms with Gasteiger partial charge in [-0.3, -0.25) is 14.5 Å². The maximum absolute atomic E-state index is 5.68. The van der Waals surface area contributed by atoms with E-state index in [0.717, 1.165) is 43.5 Å². The van der Waals surface area contributed by atoms with Gasteiger partial charge in [-0.15, -0.1) is 6.58 Å². The van der Waals surface area contributed by atoms with Gasteiger partial charge in [-0.05, 0) is 30.4 Å². The molecule has 0 unspecified atom stereocenters. The van der Waals surface area contributed by atoms with Crippen molar-refractivity contribution in [2.24, 2.45) is 0 Å². The number of hydrogen-bond donors (Lipinski definition) is 0. The van der Waals surface area contributed by atoms with Crippen molar-refractivity contribution in [3.05, 3.63) is 60.4 Å². The van der Waals surface area contributed by atoms with Gasteiger partial charge in [0.2, 0.25) is 5.95 Å². The quantitative estimate of drug-likeness (QED) is 0.469. The first-order valence-electron chi connectivity index (χ1n) is 9.19. The SMILES string of the molecule is C=CCn1c(-c2cccnc2)nn(CN2CCN(c3ncccn3)CC2)c1=S. The maximum atomic E-state index is 5.68. The van der Waals surface area contributed by atoms with Crippen LogP contribution in [0.1, 0.15) is 0 Å². The third-order valence-electron chi connectivity index (χ3n) is 4.70. The van der Waals surface area contributed by atoms with Crippen LogP contribution in [0, 0.1) is 4.77 Å². The largest absolute Gasteiger partial charge is 0.338 e. The Morgan fingerprint density at radius 1 is 1.07 bits per heavy atom. The lowest BCUT2D eigenvalue weighted by Crippen LogP contribution is -2.47. The van der Waals surface area contributed by atoms with Crippen LogP contribution in [0.15, 0.2) is 55.6 Å². The first-order chi connectivity index (χ1) is 13.8. The van der Waals surface area contributed by atoms with E-state index in [0.29, 0.717) is 18.0 Å². The Kier molecular flexibility index (Phi) is 5.54. The smallest absolute Gasteiger partial charge is 0.225 e. The molecule has 0 aliphatic carbocycles. The molecule has 1 fully saturated rings. The van der Waals surface area contributed by atoms with E-state index in [4.69, 9.17) is 17.3 Å². The summed E-state index contributed by atoms with van der Waals surface area (Å²) in [7, 11) is 0. The van der Waals surface area contributed by atoms with Crippen LogP contribution in [0.25, 0.3) is 11.4 Å². The highest BCUT2D eigenvalue weighted by Gasteiger charge is 2.20. The lowest BCUT2D eigenvalue weighted by atomic mass is 10.3. The third kappa shape index (κ3) is 3.85. The molecule has 0 amide bonds. The van der Waals surface area contributed by atoms with Gasteiger partial charge in [0.05, 0.1) is 6.67 Å². The molecule has 144 valence electrons. The molecule has 4 heterocycles. The van der Waals surface area contributed by atoms with Gasteiger partial charge in [-0.2, -0.15) is 5.10 Å². The second-order valence-electron chi connectivity index (χ2n) is 6.54. The van der Waals surface area contributed by atoms with E-state index in [9.17, 15) is 0 Å². The topological polar surface area (TPSA) is 67.9 Å². The van der Waals surface area contributed by atoms with E-state index < -0.39 is 0 Å². The molecular formula is C19H22N8S. The van der Waals surface area contributed by atoms with Gasteiger partial charge in [-0.25, -0.2) is 14.6 Å². The van der Waals surface area contributed by atoms with Crippen LogP contribution in [-0.4, -0.2) is 60.4 Å². The fourth-order valence-electron chi connectivity index (χ4n) is 3.27. The van der Waals surface area contributed by atoms with E-state index in [1.165, 1.54) is 0 Å². The Hall–Kier alpha value is -2.91. The predicted octanol–water partition coefficient (Wildman–Crippen LogP) is 2.23. The molecular weight excluding hydrogens is 372 g/mol. The van der Waals surface area contributed by atoms with Gasteiger partial charge >= 0.3 is 0 Å². The molecule has 0 saturated carbocycles. The van der Waals surface area contributed by atoms with E-state index in [-0.39, 0.29) is 0 Å². The molecule has 8 nitrogen and oxygen atoms in total. The molecule has 1 aliphatic rings. The summed E-state index contributed by atoms with van der Waals surface area (Å²) in [6.45, 7) is 8.66. The molecule has 28 heavy (non-hydrogen) atoms. The molecule has 0 bridgehead atoms. The maximum Gasteiger partial charge on any atom is 0.225 e. The summed E-state index contributed by atoms with van der Waals surface area (Å²) in [5.41, 5.74) is 0.945. The van der Waals surface area contributed by atoms with Crippen molar-refractivity contribution in [1.29, 1.82) is 0 Å². The zero-order valence-electron chi connectivity index (χ0n) is 15.6. The second kappa shape index (κ2) is 8.41. The lowest BCUT2D eigenvalue weighted by Gasteiger charge is -2.34. The van der Waals surface area contributed by atoms with Crippen LogP contribution in [0.3, 0.4) is 0 Å². The number of rotatable bonds is 6. The number of pyridine rings is 1. The Morgan fingerprint density at radius 3 is 2.54 bits per heavy atom. The highest BCUT2D eigenvalue weighted by Crippen LogP contribution is 2.18. The number of aromatic nitrogens is 6. The monoisotopic (exact) mass is 394 g/mol. The van der Waals surface area contributed by atoms with Crippen molar-refractivity contribution >= 4 is 18.2 Å². The minimum atomic E-state index is 0.613. The zero-order chi connectivity index (χ0) is 19.3. The summed E-state index contributed by atoms with van der Waals surface area (Å²) in [6.07, 6.45) is 8.95. The van der Waals surface area contributed by atoms with E-state index in [1.54, 1.807) is 24.8 Å². The first kappa shape index (κ1) is 18.5. The van der Waals surface area contributed by atoms with Crippen molar-refractivity contribution in [3.63, 3.8) is 0 Å². The van der Waals surface area contributed by atoms with Gasteiger partial charge in [0.1, 0.15) is 0 Å². The van der Waals surface area contributed by atoms with Gasteiger partial charge in [0.15, 0.2) is 10.6 Å². The molecule has 0 spiro atoms. The van der Waals surface area contributed by atoms with E-state index >= 15 is 0 Å². The minimum Gasteiger partial charge on any atom is -0.338 e. The molecule has 1 aliphatic heterocycles. The molecule has 0 N–H and O–H groups in total. The molecule has 9 heteroatoms. The second-order valence-corrected chi connectivity index (χ2v) is 6.91. The Bertz CT molecular complexity index is 974. The minimum absolute atomic E-state index is 0.613. The van der Waals surface area contributed by atoms with Gasteiger partial charge in [0.25, 0.3) is 0 Å². The van der Waals surface area contributed by atoms with Crippen LogP contribution in [0.2, 0.25) is 0 Å². The number of hydrogen-bond acceptors (Lipinski definition) is 7. The van der Waals surface area contributed by atoms with Crippen LogP contribution in [-0.2, 0) is 13.2 Å². The van der Waals surface area contributed by atoms with E-state index in [2.05, 4.69) is 31.3 Å². The summed E-state index contributed by atoms with van der Waals surface area (Å²) in [5.74, 6) is 1.60. The summed E-state index contributed by atoms with van der Waals surface area (Å²) < 4.78 is 4.57. The summed E-state index contributed by atoms with van der Waals surface area (Å²) in [4.78, 5) is 17.4. The van der Waals surface area contributed by atoms with Crippen molar-refractivity contribution in [2.75, 3.05) is 31.1 Å². The molecule has 0 radical (unpaired) electrons. The number of nitrogens with zero attached hydrogens (tertiary/aromatic N) is 8. The summed E-state index contributed by atoms with van der Waals surface area (Å²) in [5, 5.41) is 4.78.